The van der Waals surface area contributed by atoms with Crippen LogP contribution < -0.4 is 20.5 Å². The molecule has 0 aliphatic carbocycles. The zero-order valence-corrected chi connectivity index (χ0v) is 26.4. The number of non-ortho nitro benzene ring substituents is 2. The first-order chi connectivity index (χ1) is 21.5. The molecule has 3 N–H and O–H groups in total. The second-order valence-corrected chi connectivity index (χ2v) is 8.44. The van der Waals surface area contributed by atoms with E-state index in [4.69, 9.17) is 33.2 Å². The van der Waals surface area contributed by atoms with Crippen LogP contribution >= 0.6 is 11.6 Å². The van der Waals surface area contributed by atoms with E-state index in [0.717, 1.165) is 13.2 Å². The molecule has 0 radical (unpaired) electrons. The number of terminal acetylenes is 2. The minimum Gasteiger partial charge on any atom is -0.414 e. The van der Waals surface area contributed by atoms with Crippen molar-refractivity contribution in [3.63, 3.8) is 0 Å². The molecule has 1 aliphatic heterocycles. The van der Waals surface area contributed by atoms with Crippen LogP contribution in [0.4, 0.5) is 21.0 Å². The molecule has 246 valence electrons. The lowest BCUT2D eigenvalue weighted by molar-refractivity contribution is -0.385. The smallest absolute Gasteiger partial charge is 0.413 e. The van der Waals surface area contributed by atoms with Crippen LogP contribution in [0.1, 0.15) is 33.6 Å². The number of hydrogen-bond donors (Lipinski definition) is 2. The van der Waals surface area contributed by atoms with Crippen LogP contribution in [0.5, 0.6) is 11.5 Å². The second-order valence-electron chi connectivity index (χ2n) is 8.14. The molecule has 2 aromatic rings. The minimum atomic E-state index is -0.978. The third-order valence-corrected chi connectivity index (χ3v) is 5.20. The summed E-state index contributed by atoms with van der Waals surface area (Å²) in [6, 6.07) is 10.1. The Morgan fingerprint density at radius 3 is 1.53 bits per heavy atom. The Balaban J connectivity index is 0. The van der Waals surface area contributed by atoms with Crippen molar-refractivity contribution in [2.24, 2.45) is 5.73 Å². The summed E-state index contributed by atoms with van der Waals surface area (Å²) in [4.78, 5) is 43.1. The monoisotopic (exact) mass is 649 g/mol. The highest BCUT2D eigenvalue weighted by Gasteiger charge is 2.07. The average molecular weight is 650 g/mol. The molecule has 1 amide bonds. The molecule has 15 heteroatoms. The molecule has 3 rings (SSSR count). The number of benzene rings is 2. The zero-order chi connectivity index (χ0) is 34.5. The summed E-state index contributed by atoms with van der Waals surface area (Å²) in [7, 11) is 0. The number of hydrogen-bond acceptors (Lipinski definition) is 11. The lowest BCUT2D eigenvalue weighted by Gasteiger charge is -2.13. The lowest BCUT2D eigenvalue weighted by atomic mass is 10.3. The maximum absolute atomic E-state index is 11.0. The van der Waals surface area contributed by atoms with Gasteiger partial charge in [-0.1, -0.05) is 32.6 Å². The van der Waals surface area contributed by atoms with Gasteiger partial charge >= 0.3 is 11.5 Å². The first-order valence-corrected chi connectivity index (χ1v) is 14.1. The number of carbonyl (C=O) groups excluding carboxylic acids is 2. The van der Waals surface area contributed by atoms with E-state index in [-0.39, 0.29) is 29.4 Å². The van der Waals surface area contributed by atoms with Crippen LogP contribution in [0.25, 0.3) is 0 Å². The van der Waals surface area contributed by atoms with Gasteiger partial charge < -0.3 is 30.2 Å². The van der Waals surface area contributed by atoms with E-state index in [0.29, 0.717) is 6.54 Å². The number of nitrogens with one attached hydrogen (secondary N) is 1. The molecule has 0 aromatic heterocycles. The van der Waals surface area contributed by atoms with Gasteiger partial charge in [0.2, 0.25) is 0 Å². The predicted octanol–water partition coefficient (Wildman–Crippen LogP) is 5.37. The SMILES string of the molecule is C#CCN.C#CCNC(=O)Oc1ccc([N+](=O)[O-])cc1.C1CCOC1.CCN(CC)CC.O=C(Cl)Oc1ccc([N+](=O)[O-])cc1. The molecule has 1 heterocycles. The summed E-state index contributed by atoms with van der Waals surface area (Å²) < 4.78 is 14.2. The van der Waals surface area contributed by atoms with Crippen molar-refractivity contribution < 1.29 is 33.6 Å². The van der Waals surface area contributed by atoms with Crippen LogP contribution in [0, 0.1) is 44.9 Å². The van der Waals surface area contributed by atoms with Crippen molar-refractivity contribution >= 4 is 34.5 Å². The minimum absolute atomic E-state index is 0.0613. The largest absolute Gasteiger partial charge is 0.414 e. The molecular formula is C30H40ClN5O9. The molecule has 0 saturated carbocycles. The van der Waals surface area contributed by atoms with Gasteiger partial charge in [0, 0.05) is 49.1 Å². The molecule has 0 atom stereocenters. The van der Waals surface area contributed by atoms with Crippen LogP contribution in [0.2, 0.25) is 0 Å². The Hall–Kier alpha value is -4.73. The van der Waals surface area contributed by atoms with E-state index in [1.54, 1.807) is 0 Å². The van der Waals surface area contributed by atoms with Gasteiger partial charge in [-0.2, -0.15) is 0 Å². The van der Waals surface area contributed by atoms with E-state index < -0.39 is 21.4 Å². The van der Waals surface area contributed by atoms with Gasteiger partial charge in [0.05, 0.1) is 22.9 Å². The number of halogens is 1. The summed E-state index contributed by atoms with van der Waals surface area (Å²) in [5, 5.41) is 22.8. The molecule has 1 aliphatic rings. The van der Waals surface area contributed by atoms with Crippen molar-refractivity contribution in [2.45, 2.75) is 33.6 Å². The van der Waals surface area contributed by atoms with Crippen molar-refractivity contribution in [3.05, 3.63) is 68.8 Å². The average Bonchev–Trinajstić information content (AvgIpc) is 3.63. The van der Waals surface area contributed by atoms with Gasteiger partial charge in [0.15, 0.2) is 0 Å². The van der Waals surface area contributed by atoms with Crippen LogP contribution in [0.15, 0.2) is 48.5 Å². The number of nitrogens with zero attached hydrogens (tertiary/aromatic N) is 3. The summed E-state index contributed by atoms with van der Waals surface area (Å²) in [6.07, 6.45) is 11.4. The topological polar surface area (TPSA) is 189 Å². The third kappa shape index (κ3) is 24.4. The predicted molar refractivity (Wildman–Crippen MR) is 172 cm³/mol. The van der Waals surface area contributed by atoms with Gasteiger partial charge in [-0.15, -0.1) is 12.8 Å². The number of nitrogens with two attached hydrogens (primary N) is 1. The quantitative estimate of drug-likeness (QED) is 0.162. The van der Waals surface area contributed by atoms with Crippen LogP contribution in [-0.4, -0.2) is 72.2 Å². The summed E-state index contributed by atoms with van der Waals surface area (Å²) in [5.41, 5.74) is 3.67. The summed E-state index contributed by atoms with van der Waals surface area (Å²) in [5.74, 6) is 4.80. The maximum atomic E-state index is 11.0. The van der Waals surface area contributed by atoms with Gasteiger partial charge in [-0.3, -0.25) is 20.2 Å². The molecule has 0 bridgehead atoms. The number of carbonyl (C=O) groups is 2. The fourth-order valence-electron chi connectivity index (χ4n) is 2.81. The number of nitro benzene ring substituents is 2. The molecule has 1 saturated heterocycles. The Morgan fingerprint density at radius 1 is 0.889 bits per heavy atom. The number of rotatable bonds is 8. The van der Waals surface area contributed by atoms with E-state index in [1.807, 2.05) is 0 Å². The van der Waals surface area contributed by atoms with Gasteiger partial charge in [0.1, 0.15) is 11.5 Å². The van der Waals surface area contributed by atoms with Gasteiger partial charge in [-0.25, -0.2) is 9.59 Å². The van der Waals surface area contributed by atoms with E-state index in [2.05, 4.69) is 54.0 Å². The highest BCUT2D eigenvalue weighted by molar-refractivity contribution is 6.61. The van der Waals surface area contributed by atoms with E-state index >= 15 is 0 Å². The Kier molecular flexibility index (Phi) is 26.4. The number of ether oxygens (including phenoxy) is 3. The third-order valence-electron chi connectivity index (χ3n) is 5.13. The van der Waals surface area contributed by atoms with Crippen LogP contribution in [0.3, 0.4) is 0 Å². The normalized spacial score (nSPS) is 10.6. The molecule has 0 unspecified atom stereocenters. The molecule has 1 fully saturated rings. The van der Waals surface area contributed by atoms with Crippen molar-refractivity contribution in [2.75, 3.05) is 45.9 Å². The second kappa shape index (κ2) is 28.1. The van der Waals surface area contributed by atoms with Crippen molar-refractivity contribution in [1.29, 1.82) is 0 Å². The molecular weight excluding hydrogens is 610 g/mol. The standard InChI is InChI=1S/C10H8N2O4.C7H4ClNO4.C6H15N.C4H8O.C3H5N/c1-2-7-11-10(13)16-9-5-3-8(4-6-9)12(14)15;8-7(10)13-6-3-1-5(2-4-6)9(11)12;1-4-7(5-2)6-3;1-2-4-5-3-1;1-2-3-4/h1,3-6H,7H2,(H,11,13);1-4H;4-6H2,1-3H3;1-4H2;1H,3-4H2. The molecule has 14 nitrogen and oxygen atoms in total. The summed E-state index contributed by atoms with van der Waals surface area (Å²) in [6.45, 7) is 12.5. The lowest BCUT2D eigenvalue weighted by Crippen LogP contribution is -2.26. The molecule has 2 aromatic carbocycles. The maximum Gasteiger partial charge on any atom is 0.413 e. The Morgan fingerprint density at radius 2 is 1.29 bits per heavy atom. The zero-order valence-electron chi connectivity index (χ0n) is 25.6. The number of amides is 1. The number of nitro groups is 2. The van der Waals surface area contributed by atoms with E-state index in [9.17, 15) is 29.8 Å². The molecule has 0 spiro atoms. The fourth-order valence-corrected chi connectivity index (χ4v) is 2.90. The van der Waals surface area contributed by atoms with Crippen LogP contribution in [-0.2, 0) is 4.74 Å². The first kappa shape index (κ1) is 42.4. The fraction of sp³-hybridized carbons (Fsp3) is 0.400. The van der Waals surface area contributed by atoms with Crippen molar-refractivity contribution in [1.82, 2.24) is 10.2 Å². The Bertz CT molecular complexity index is 1190. The van der Waals surface area contributed by atoms with Gasteiger partial charge in [-0.05, 0) is 56.7 Å². The van der Waals surface area contributed by atoms with Gasteiger partial charge in [0.25, 0.3) is 11.4 Å². The van der Waals surface area contributed by atoms with Crippen molar-refractivity contribution in [3.8, 4) is 36.2 Å². The highest BCUT2D eigenvalue weighted by atomic mass is 35.5. The molecule has 45 heavy (non-hydrogen) atoms. The highest BCUT2D eigenvalue weighted by Crippen LogP contribution is 2.18. The Labute approximate surface area is 268 Å². The van der Waals surface area contributed by atoms with E-state index in [1.165, 1.54) is 81.0 Å². The first-order valence-electron chi connectivity index (χ1n) is 13.7. The summed E-state index contributed by atoms with van der Waals surface area (Å²) >= 11 is 4.92.